The number of pyridine rings is 1. The molecule has 0 amide bonds. The van der Waals surface area contributed by atoms with Gasteiger partial charge in [0.05, 0.1) is 24.4 Å². The van der Waals surface area contributed by atoms with Crippen LogP contribution < -0.4 is 15.0 Å². The number of nitrogens with one attached hydrogen (secondary N) is 2. The van der Waals surface area contributed by atoms with Gasteiger partial charge >= 0.3 is 0 Å². The van der Waals surface area contributed by atoms with Crippen molar-refractivity contribution in [2.45, 2.75) is 32.9 Å². The molecular weight excluding hydrogens is 495 g/mol. The number of thiocarbonyl (C=S) groups is 1. The summed E-state index contributed by atoms with van der Waals surface area (Å²) < 4.78 is 6.84. The standard InChI is InChI=1S/C22H23IN4OS/c1-4-28-16-10-8-15(9-11-16)27-21(18-13(2)25-14(3)19(18)23)20(26-22(27)29)17-7-5-6-12-24-17/h5-12,20-21,25H,4H2,1-3H3,(H,26,29)/t20-,21+/m1/s1. The fourth-order valence-electron chi connectivity index (χ4n) is 3.92. The largest absolute Gasteiger partial charge is 0.494 e. The van der Waals surface area contributed by atoms with Crippen molar-refractivity contribution in [1.82, 2.24) is 15.3 Å². The Bertz CT molecular complexity index is 1020. The number of anilines is 1. The van der Waals surface area contributed by atoms with E-state index in [0.717, 1.165) is 22.8 Å². The molecule has 0 bridgehead atoms. The second-order valence-electron chi connectivity index (χ2n) is 7.03. The van der Waals surface area contributed by atoms with E-state index in [-0.39, 0.29) is 12.1 Å². The number of nitrogens with zero attached hydrogens (tertiary/aromatic N) is 2. The van der Waals surface area contributed by atoms with E-state index in [9.17, 15) is 0 Å². The van der Waals surface area contributed by atoms with E-state index in [2.05, 4.69) is 74.8 Å². The Morgan fingerprint density at radius 3 is 2.48 bits per heavy atom. The van der Waals surface area contributed by atoms with Gasteiger partial charge in [0.1, 0.15) is 5.75 Å². The number of aryl methyl sites for hydroxylation is 2. The van der Waals surface area contributed by atoms with E-state index in [0.29, 0.717) is 11.7 Å². The summed E-state index contributed by atoms with van der Waals surface area (Å²) >= 11 is 8.23. The lowest BCUT2D eigenvalue weighted by Gasteiger charge is -2.28. The molecule has 0 radical (unpaired) electrons. The summed E-state index contributed by atoms with van der Waals surface area (Å²) in [5.74, 6) is 0.857. The number of hydrogen-bond acceptors (Lipinski definition) is 3. The highest BCUT2D eigenvalue weighted by atomic mass is 127. The van der Waals surface area contributed by atoms with Crippen LogP contribution in [0.4, 0.5) is 5.69 Å². The zero-order valence-corrected chi connectivity index (χ0v) is 19.5. The second kappa shape index (κ2) is 8.31. The minimum atomic E-state index is -0.0438. The number of benzene rings is 1. The summed E-state index contributed by atoms with van der Waals surface area (Å²) in [5, 5.41) is 4.22. The normalized spacial score (nSPS) is 18.8. The van der Waals surface area contributed by atoms with Crippen molar-refractivity contribution in [2.75, 3.05) is 11.5 Å². The summed E-state index contributed by atoms with van der Waals surface area (Å²) in [6.07, 6.45) is 1.83. The summed E-state index contributed by atoms with van der Waals surface area (Å²) in [6, 6.07) is 14.1. The molecule has 0 saturated carbocycles. The number of ether oxygens (including phenoxy) is 1. The highest BCUT2D eigenvalue weighted by Crippen LogP contribution is 2.44. The third kappa shape index (κ3) is 3.73. The van der Waals surface area contributed by atoms with Crippen LogP contribution in [0.1, 0.15) is 41.7 Å². The summed E-state index contributed by atoms with van der Waals surface area (Å²) in [4.78, 5) is 10.3. The van der Waals surface area contributed by atoms with Crippen molar-refractivity contribution in [1.29, 1.82) is 0 Å². The minimum absolute atomic E-state index is 0.00723. The second-order valence-corrected chi connectivity index (χ2v) is 8.49. The van der Waals surface area contributed by atoms with Gasteiger partial charge in [-0.2, -0.15) is 0 Å². The Kier molecular flexibility index (Phi) is 5.78. The molecule has 1 saturated heterocycles. The van der Waals surface area contributed by atoms with Gasteiger partial charge in [-0.3, -0.25) is 4.98 Å². The van der Waals surface area contributed by atoms with Crippen molar-refractivity contribution >= 4 is 45.6 Å². The topological polar surface area (TPSA) is 53.2 Å². The molecule has 7 heteroatoms. The lowest BCUT2D eigenvalue weighted by molar-refractivity contribution is 0.340. The molecule has 4 rings (SSSR count). The highest BCUT2D eigenvalue weighted by molar-refractivity contribution is 14.1. The van der Waals surface area contributed by atoms with Crippen LogP contribution in [0.25, 0.3) is 0 Å². The van der Waals surface area contributed by atoms with Crippen LogP contribution in [-0.2, 0) is 0 Å². The number of H-pyrrole nitrogens is 1. The van der Waals surface area contributed by atoms with Crippen molar-refractivity contribution in [3.05, 3.63) is 74.9 Å². The van der Waals surface area contributed by atoms with E-state index in [4.69, 9.17) is 17.0 Å². The third-order valence-corrected chi connectivity index (χ3v) is 6.87. The molecule has 0 spiro atoms. The van der Waals surface area contributed by atoms with Crippen molar-refractivity contribution < 1.29 is 4.74 Å². The van der Waals surface area contributed by atoms with Gasteiger partial charge in [0.25, 0.3) is 0 Å². The summed E-state index contributed by atoms with van der Waals surface area (Å²) in [5.41, 5.74) is 5.58. The summed E-state index contributed by atoms with van der Waals surface area (Å²) in [7, 11) is 0. The molecule has 1 aromatic carbocycles. The average Bonchev–Trinajstić information content (AvgIpc) is 3.18. The van der Waals surface area contributed by atoms with Crippen LogP contribution in [0.15, 0.2) is 48.7 Å². The van der Waals surface area contributed by atoms with Gasteiger partial charge in [-0.1, -0.05) is 6.07 Å². The fraction of sp³-hybridized carbons (Fsp3) is 0.273. The first-order chi connectivity index (χ1) is 14.0. The van der Waals surface area contributed by atoms with Crippen LogP contribution in [0.5, 0.6) is 5.75 Å². The van der Waals surface area contributed by atoms with Crippen LogP contribution in [0, 0.1) is 17.4 Å². The van der Waals surface area contributed by atoms with Gasteiger partial charge in [-0.25, -0.2) is 0 Å². The Labute approximate surface area is 190 Å². The minimum Gasteiger partial charge on any atom is -0.494 e. The molecule has 0 aliphatic carbocycles. The fourth-order valence-corrected chi connectivity index (χ4v) is 5.12. The van der Waals surface area contributed by atoms with Crippen LogP contribution in [0.2, 0.25) is 0 Å². The quantitative estimate of drug-likeness (QED) is 0.359. The van der Waals surface area contributed by atoms with E-state index in [1.54, 1.807) is 0 Å². The number of hydrogen-bond donors (Lipinski definition) is 2. The molecule has 5 nitrogen and oxygen atoms in total. The smallest absolute Gasteiger partial charge is 0.174 e. The van der Waals surface area contributed by atoms with E-state index >= 15 is 0 Å². The zero-order valence-electron chi connectivity index (χ0n) is 16.6. The number of aromatic amines is 1. The summed E-state index contributed by atoms with van der Waals surface area (Å²) in [6.45, 7) is 6.86. The molecule has 29 heavy (non-hydrogen) atoms. The molecule has 1 aliphatic heterocycles. The number of rotatable bonds is 5. The van der Waals surface area contributed by atoms with Crippen LogP contribution >= 0.6 is 34.8 Å². The van der Waals surface area contributed by atoms with E-state index < -0.39 is 0 Å². The van der Waals surface area contributed by atoms with Gasteiger partial charge < -0.3 is 19.9 Å². The predicted octanol–water partition coefficient (Wildman–Crippen LogP) is 5.21. The maximum Gasteiger partial charge on any atom is 0.174 e. The maximum atomic E-state index is 5.80. The van der Waals surface area contributed by atoms with Crippen molar-refractivity contribution in [3.8, 4) is 5.75 Å². The molecule has 2 atom stereocenters. The SMILES string of the molecule is CCOc1ccc(N2C(=S)N[C@H](c3ccccn3)[C@@H]2c2c(C)[nH]c(C)c2I)cc1. The molecule has 150 valence electrons. The lowest BCUT2D eigenvalue weighted by atomic mass is 9.96. The third-order valence-electron chi connectivity index (χ3n) is 5.16. The predicted molar refractivity (Wildman–Crippen MR) is 129 cm³/mol. The van der Waals surface area contributed by atoms with Gasteiger partial charge in [-0.15, -0.1) is 0 Å². The van der Waals surface area contributed by atoms with Crippen LogP contribution in [0.3, 0.4) is 0 Å². The zero-order chi connectivity index (χ0) is 20.5. The first-order valence-electron chi connectivity index (χ1n) is 9.59. The van der Waals surface area contributed by atoms with Gasteiger partial charge in [0, 0.05) is 32.4 Å². The van der Waals surface area contributed by atoms with E-state index in [1.165, 1.54) is 14.8 Å². The Morgan fingerprint density at radius 1 is 1.14 bits per heavy atom. The first-order valence-corrected chi connectivity index (χ1v) is 11.1. The van der Waals surface area contributed by atoms with E-state index in [1.807, 2.05) is 37.4 Å². The lowest BCUT2D eigenvalue weighted by Crippen LogP contribution is -2.29. The molecular formula is C22H23IN4OS. The molecule has 2 aromatic heterocycles. The average molecular weight is 518 g/mol. The van der Waals surface area contributed by atoms with Gasteiger partial charge in [-0.05, 0) is 92.0 Å². The molecule has 3 heterocycles. The molecule has 1 fully saturated rings. The van der Waals surface area contributed by atoms with Crippen molar-refractivity contribution in [3.63, 3.8) is 0 Å². The Hall–Kier alpha value is -2.13. The Morgan fingerprint density at radius 2 is 1.90 bits per heavy atom. The Balaban J connectivity index is 1.83. The monoisotopic (exact) mass is 518 g/mol. The molecule has 3 aromatic rings. The maximum absolute atomic E-state index is 5.80. The first kappa shape index (κ1) is 20.2. The van der Waals surface area contributed by atoms with Crippen molar-refractivity contribution in [2.24, 2.45) is 0 Å². The number of halogens is 1. The van der Waals surface area contributed by atoms with Gasteiger partial charge in [0.15, 0.2) is 5.11 Å². The molecule has 2 N–H and O–H groups in total. The van der Waals surface area contributed by atoms with Gasteiger partial charge in [0.2, 0.25) is 0 Å². The molecule has 0 unspecified atom stereocenters. The molecule has 1 aliphatic rings. The number of aromatic nitrogens is 2. The highest BCUT2D eigenvalue weighted by Gasteiger charge is 2.42. The van der Waals surface area contributed by atoms with Crippen LogP contribution in [-0.4, -0.2) is 21.7 Å².